The van der Waals surface area contributed by atoms with Crippen LogP contribution in [0.1, 0.15) is 19.0 Å². The van der Waals surface area contributed by atoms with Crippen LogP contribution in [0.25, 0.3) is 0 Å². The lowest BCUT2D eigenvalue weighted by molar-refractivity contribution is -0.136. The van der Waals surface area contributed by atoms with Crippen LogP contribution in [0.3, 0.4) is 0 Å². The summed E-state index contributed by atoms with van der Waals surface area (Å²) in [4.78, 5) is 28.3. The van der Waals surface area contributed by atoms with Gasteiger partial charge in [0.05, 0.1) is 30.1 Å². The number of anilines is 1. The van der Waals surface area contributed by atoms with Crippen molar-refractivity contribution < 1.29 is 19.8 Å². The van der Waals surface area contributed by atoms with Crippen LogP contribution in [0, 0.1) is 5.92 Å². The van der Waals surface area contributed by atoms with Gasteiger partial charge in [-0.2, -0.15) is 0 Å². The minimum Gasteiger partial charge on any atom is -0.481 e. The number of aromatic nitrogens is 1. The third-order valence-electron chi connectivity index (χ3n) is 3.56. The highest BCUT2D eigenvalue weighted by molar-refractivity contribution is 5.89. The number of likely N-dealkylation sites (tertiary alicyclic amines) is 1. The molecule has 0 spiro atoms. The number of piperidine rings is 1. The highest BCUT2D eigenvalue weighted by Crippen LogP contribution is 2.17. The quantitative estimate of drug-likeness (QED) is 0.769. The average molecular weight is 293 g/mol. The van der Waals surface area contributed by atoms with E-state index in [-0.39, 0.29) is 24.5 Å². The molecule has 3 N–H and O–H groups in total. The molecule has 2 unspecified atom stereocenters. The van der Waals surface area contributed by atoms with Crippen molar-refractivity contribution in [2.45, 2.75) is 25.9 Å². The van der Waals surface area contributed by atoms with Gasteiger partial charge in [0.1, 0.15) is 0 Å². The Kier molecular flexibility index (Phi) is 4.74. The van der Waals surface area contributed by atoms with Crippen molar-refractivity contribution in [2.75, 3.05) is 18.4 Å². The smallest absolute Gasteiger partial charge is 0.321 e. The van der Waals surface area contributed by atoms with Crippen LogP contribution < -0.4 is 5.32 Å². The number of carboxylic acid groups (broad SMARTS) is 1. The number of rotatable bonds is 3. The predicted octanol–water partition coefficient (Wildman–Crippen LogP) is 0.943. The molecule has 0 saturated carbocycles. The first-order valence-electron chi connectivity index (χ1n) is 6.86. The summed E-state index contributed by atoms with van der Waals surface area (Å²) in [5.41, 5.74) is 0.961. The Morgan fingerprint density at radius 2 is 2.24 bits per heavy atom. The van der Waals surface area contributed by atoms with Crippen molar-refractivity contribution in [1.82, 2.24) is 9.88 Å². The molecule has 0 radical (unpaired) electrons. The van der Waals surface area contributed by atoms with Gasteiger partial charge >= 0.3 is 12.0 Å². The molecular weight excluding hydrogens is 274 g/mol. The molecule has 1 aromatic rings. The highest BCUT2D eigenvalue weighted by atomic mass is 16.4. The zero-order valence-electron chi connectivity index (χ0n) is 11.8. The van der Waals surface area contributed by atoms with Gasteiger partial charge < -0.3 is 20.4 Å². The van der Waals surface area contributed by atoms with Crippen LogP contribution in [0.4, 0.5) is 10.5 Å². The predicted molar refractivity (Wildman–Crippen MR) is 76.0 cm³/mol. The summed E-state index contributed by atoms with van der Waals surface area (Å²) in [6.07, 6.45) is 1.52. The molecular formula is C14H19N3O4. The Hall–Kier alpha value is -2.15. The molecule has 0 bridgehead atoms. The maximum absolute atomic E-state index is 12.1. The summed E-state index contributed by atoms with van der Waals surface area (Å²) in [7, 11) is 0. The fraction of sp³-hybridized carbons (Fsp3) is 0.500. The SMILES string of the molecule is CC1CN(C(=O)Nc2ccc(CC(=O)O)nc2)CCC1O. The van der Waals surface area contributed by atoms with Gasteiger partial charge in [0.15, 0.2) is 0 Å². The second-order valence-corrected chi connectivity index (χ2v) is 5.32. The number of aliphatic hydroxyl groups is 1. The van der Waals surface area contributed by atoms with Gasteiger partial charge in [-0.15, -0.1) is 0 Å². The van der Waals surface area contributed by atoms with Crippen LogP contribution in [-0.4, -0.2) is 51.3 Å². The van der Waals surface area contributed by atoms with Gasteiger partial charge in [0.2, 0.25) is 0 Å². The molecule has 2 heterocycles. The summed E-state index contributed by atoms with van der Waals surface area (Å²) in [5.74, 6) is -0.888. The maximum atomic E-state index is 12.1. The molecule has 21 heavy (non-hydrogen) atoms. The molecule has 1 aromatic heterocycles. The summed E-state index contributed by atoms with van der Waals surface area (Å²) in [6.45, 7) is 2.94. The second kappa shape index (κ2) is 6.53. The van der Waals surface area contributed by atoms with Crippen molar-refractivity contribution in [3.8, 4) is 0 Å². The second-order valence-electron chi connectivity index (χ2n) is 5.32. The van der Waals surface area contributed by atoms with E-state index < -0.39 is 5.97 Å². The van der Waals surface area contributed by atoms with Crippen molar-refractivity contribution >= 4 is 17.7 Å². The summed E-state index contributed by atoms with van der Waals surface area (Å²) in [6, 6.07) is 2.97. The normalized spacial score (nSPS) is 21.9. The highest BCUT2D eigenvalue weighted by Gasteiger charge is 2.27. The van der Waals surface area contributed by atoms with Crippen LogP contribution in [-0.2, 0) is 11.2 Å². The first kappa shape index (κ1) is 15.2. The minimum atomic E-state index is -0.944. The number of urea groups is 1. The van der Waals surface area contributed by atoms with Crippen molar-refractivity contribution in [3.05, 3.63) is 24.0 Å². The third-order valence-corrected chi connectivity index (χ3v) is 3.56. The first-order valence-corrected chi connectivity index (χ1v) is 6.86. The number of hydrogen-bond acceptors (Lipinski definition) is 4. The van der Waals surface area contributed by atoms with Gasteiger partial charge in [-0.3, -0.25) is 9.78 Å². The van der Waals surface area contributed by atoms with Gasteiger partial charge in [-0.25, -0.2) is 4.79 Å². The third kappa shape index (κ3) is 4.16. The fourth-order valence-electron chi connectivity index (χ4n) is 2.28. The Morgan fingerprint density at radius 3 is 2.81 bits per heavy atom. The summed E-state index contributed by atoms with van der Waals surface area (Å²) < 4.78 is 0. The molecule has 2 amide bonds. The zero-order chi connectivity index (χ0) is 15.4. The average Bonchev–Trinajstić information content (AvgIpc) is 2.43. The van der Waals surface area contributed by atoms with Gasteiger partial charge in [0, 0.05) is 13.1 Å². The molecule has 1 saturated heterocycles. The minimum absolute atomic E-state index is 0.0561. The number of carboxylic acids is 1. The number of pyridine rings is 1. The van der Waals surface area contributed by atoms with Gasteiger partial charge in [-0.05, 0) is 24.5 Å². The lowest BCUT2D eigenvalue weighted by Crippen LogP contribution is -2.46. The summed E-state index contributed by atoms with van der Waals surface area (Å²) in [5, 5.41) is 21.0. The Morgan fingerprint density at radius 1 is 1.48 bits per heavy atom. The number of nitrogens with zero attached hydrogens (tertiary/aromatic N) is 2. The van der Waals surface area contributed by atoms with E-state index in [9.17, 15) is 14.7 Å². The number of hydrogen-bond donors (Lipinski definition) is 3. The van der Waals surface area contributed by atoms with Gasteiger partial charge in [-0.1, -0.05) is 6.92 Å². The Balaban J connectivity index is 1.92. The van der Waals surface area contributed by atoms with E-state index in [0.717, 1.165) is 0 Å². The number of carbonyl (C=O) groups is 2. The lowest BCUT2D eigenvalue weighted by Gasteiger charge is -2.34. The molecule has 1 fully saturated rings. The Bertz CT molecular complexity index is 517. The van der Waals surface area contributed by atoms with E-state index in [1.807, 2.05) is 6.92 Å². The van der Waals surface area contributed by atoms with Crippen LogP contribution in [0.2, 0.25) is 0 Å². The van der Waals surface area contributed by atoms with E-state index in [1.165, 1.54) is 6.20 Å². The topological polar surface area (TPSA) is 103 Å². The number of carbonyl (C=O) groups excluding carboxylic acids is 1. The van der Waals surface area contributed by atoms with Crippen molar-refractivity contribution in [2.24, 2.45) is 5.92 Å². The number of nitrogens with one attached hydrogen (secondary N) is 1. The summed E-state index contributed by atoms with van der Waals surface area (Å²) >= 11 is 0. The number of amides is 2. The molecule has 0 aliphatic carbocycles. The van der Waals surface area contributed by atoms with Crippen LogP contribution in [0.5, 0.6) is 0 Å². The lowest BCUT2D eigenvalue weighted by atomic mass is 9.97. The molecule has 114 valence electrons. The van der Waals surface area contributed by atoms with E-state index >= 15 is 0 Å². The van der Waals surface area contributed by atoms with Gasteiger partial charge in [0.25, 0.3) is 0 Å². The first-order chi connectivity index (χ1) is 9.95. The van der Waals surface area contributed by atoms with E-state index in [0.29, 0.717) is 30.9 Å². The monoisotopic (exact) mass is 293 g/mol. The largest absolute Gasteiger partial charge is 0.481 e. The van der Waals surface area contributed by atoms with Crippen molar-refractivity contribution in [1.29, 1.82) is 0 Å². The van der Waals surface area contributed by atoms with E-state index in [1.54, 1.807) is 17.0 Å². The van der Waals surface area contributed by atoms with Crippen molar-refractivity contribution in [3.63, 3.8) is 0 Å². The molecule has 0 aromatic carbocycles. The molecule has 7 heteroatoms. The number of aliphatic hydroxyl groups excluding tert-OH is 1. The van der Waals surface area contributed by atoms with Crippen LogP contribution in [0.15, 0.2) is 18.3 Å². The fourth-order valence-corrected chi connectivity index (χ4v) is 2.28. The molecule has 7 nitrogen and oxygen atoms in total. The van der Waals surface area contributed by atoms with Crippen LogP contribution >= 0.6 is 0 Å². The zero-order valence-corrected chi connectivity index (χ0v) is 11.8. The molecule has 1 aliphatic rings. The van der Waals surface area contributed by atoms with E-state index in [4.69, 9.17) is 5.11 Å². The molecule has 1 aliphatic heterocycles. The molecule has 2 rings (SSSR count). The number of aliphatic carboxylic acids is 1. The molecule has 2 atom stereocenters. The Labute approximate surface area is 122 Å². The standard InChI is InChI=1S/C14H19N3O4/c1-9-8-17(5-4-12(9)18)14(21)16-11-3-2-10(15-7-11)6-13(19)20/h2-3,7,9,12,18H,4-6,8H2,1H3,(H,16,21)(H,19,20). The van der Waals surface area contributed by atoms with E-state index in [2.05, 4.69) is 10.3 Å². The maximum Gasteiger partial charge on any atom is 0.321 e.